The third-order valence-corrected chi connectivity index (χ3v) is 12.5. The van der Waals surface area contributed by atoms with Crippen LogP contribution in [0, 0.1) is 17.0 Å². The van der Waals surface area contributed by atoms with Gasteiger partial charge in [0.25, 0.3) is 0 Å². The zero-order chi connectivity index (χ0) is 30.4. The lowest BCUT2D eigenvalue weighted by atomic mass is 9.67. The molecule has 4 unspecified atom stereocenters. The van der Waals surface area contributed by atoms with E-state index in [1.54, 1.807) is 17.0 Å². The molecule has 1 aromatic heterocycles. The van der Waals surface area contributed by atoms with E-state index >= 15 is 8.78 Å². The van der Waals surface area contributed by atoms with E-state index in [1.165, 1.54) is 18.3 Å². The maximum absolute atomic E-state index is 17.5. The summed E-state index contributed by atoms with van der Waals surface area (Å²) < 4.78 is 95.3. The van der Waals surface area contributed by atoms with Crippen LogP contribution < -0.4 is 15.8 Å². The van der Waals surface area contributed by atoms with Crippen LogP contribution in [0.15, 0.2) is 47.5 Å². The van der Waals surface area contributed by atoms with Gasteiger partial charge in [-0.3, -0.25) is 4.90 Å². The van der Waals surface area contributed by atoms with Gasteiger partial charge in [-0.15, -0.1) is 0 Å². The number of anilines is 1. The molecule has 1 spiro atoms. The number of rotatable bonds is 6. The lowest BCUT2D eigenvalue weighted by Crippen LogP contribution is -2.61. The molecule has 43 heavy (non-hydrogen) atoms. The molecule has 2 aromatic rings. The number of primary sulfonamides is 1. The molecule has 0 radical (unpaired) electrons. The highest BCUT2D eigenvalue weighted by molar-refractivity contribution is 7.92. The fraction of sp³-hybridized carbons (Fsp3) is 0.500. The molecule has 7 rings (SSSR count). The van der Waals surface area contributed by atoms with Crippen molar-refractivity contribution < 1.29 is 30.0 Å². The number of aromatic nitrogens is 2. The Morgan fingerprint density at radius 3 is 2.44 bits per heavy atom. The SMILES string of the molecule is NS(=O)(=O)c1c(F)ccc(C2C=C(c3ccnc(NC4CC5(C4)CS(=O)(=O)C5)n3)C=CC2(F)N2C3CCC2CNC3)c1F. The molecule has 10 nitrogen and oxygen atoms in total. The lowest BCUT2D eigenvalue weighted by Gasteiger charge is -2.53. The summed E-state index contributed by atoms with van der Waals surface area (Å²) in [6.07, 6.45) is 8.81. The second-order valence-electron chi connectivity index (χ2n) is 12.5. The van der Waals surface area contributed by atoms with Crippen molar-refractivity contribution in [2.24, 2.45) is 10.6 Å². The summed E-state index contributed by atoms with van der Waals surface area (Å²) in [7, 11) is -7.72. The molecular formula is C28H31F3N6O4S2. The predicted octanol–water partition coefficient (Wildman–Crippen LogP) is 2.23. The minimum absolute atomic E-state index is 0.0148. The van der Waals surface area contributed by atoms with Crippen LogP contribution in [0.4, 0.5) is 19.1 Å². The van der Waals surface area contributed by atoms with Gasteiger partial charge in [0.2, 0.25) is 16.0 Å². The number of hydrogen-bond donors (Lipinski definition) is 3. The molecule has 4 fully saturated rings. The van der Waals surface area contributed by atoms with Crippen molar-refractivity contribution in [3.8, 4) is 0 Å². The monoisotopic (exact) mass is 636 g/mol. The van der Waals surface area contributed by atoms with Crippen molar-refractivity contribution in [2.75, 3.05) is 29.9 Å². The summed E-state index contributed by atoms with van der Waals surface area (Å²) in [6, 6.07) is 3.16. The third kappa shape index (κ3) is 4.89. The molecule has 5 aliphatic rings. The Kier molecular flexibility index (Phi) is 6.60. The molecule has 0 amide bonds. The van der Waals surface area contributed by atoms with Gasteiger partial charge in [-0.2, -0.15) is 0 Å². The number of alkyl halides is 1. The van der Waals surface area contributed by atoms with Crippen LogP contribution in [0.2, 0.25) is 0 Å². The van der Waals surface area contributed by atoms with Crippen LogP contribution in [0.25, 0.3) is 5.57 Å². The second-order valence-corrected chi connectivity index (χ2v) is 16.0. The van der Waals surface area contributed by atoms with E-state index < -0.39 is 48.1 Å². The van der Waals surface area contributed by atoms with Crippen molar-refractivity contribution in [2.45, 2.75) is 60.4 Å². The topological polar surface area (TPSA) is 147 Å². The minimum Gasteiger partial charge on any atom is -0.351 e. The molecule has 2 aliphatic carbocycles. The molecule has 3 saturated heterocycles. The van der Waals surface area contributed by atoms with Gasteiger partial charge in [-0.25, -0.2) is 45.1 Å². The highest BCUT2D eigenvalue weighted by atomic mass is 32.2. The number of sulfone groups is 1. The Morgan fingerprint density at radius 1 is 1.09 bits per heavy atom. The fourth-order valence-electron chi connectivity index (χ4n) is 7.76. The molecule has 230 valence electrons. The van der Waals surface area contributed by atoms with E-state index in [9.17, 15) is 21.2 Å². The van der Waals surface area contributed by atoms with Crippen molar-refractivity contribution in [3.05, 3.63) is 65.5 Å². The van der Waals surface area contributed by atoms with Gasteiger partial charge in [0.15, 0.2) is 20.5 Å². The molecule has 4 atom stereocenters. The van der Waals surface area contributed by atoms with E-state index in [-0.39, 0.29) is 40.6 Å². The molecule has 4 N–H and O–H groups in total. The van der Waals surface area contributed by atoms with E-state index in [0.29, 0.717) is 43.1 Å². The average Bonchev–Trinajstić information content (AvgIpc) is 3.16. The quantitative estimate of drug-likeness (QED) is 0.406. The summed E-state index contributed by atoms with van der Waals surface area (Å²) in [5.74, 6) is -5.67. The molecule has 15 heteroatoms. The van der Waals surface area contributed by atoms with Gasteiger partial charge in [0.1, 0.15) is 11.6 Å². The van der Waals surface area contributed by atoms with Crippen LogP contribution >= 0.6 is 0 Å². The number of allylic oxidation sites excluding steroid dienone is 2. The zero-order valence-corrected chi connectivity index (χ0v) is 24.6. The smallest absolute Gasteiger partial charge is 0.243 e. The zero-order valence-electron chi connectivity index (χ0n) is 23.0. The van der Waals surface area contributed by atoms with Gasteiger partial charge in [-0.1, -0.05) is 18.2 Å². The highest BCUT2D eigenvalue weighted by Gasteiger charge is 2.57. The molecule has 3 aliphatic heterocycles. The van der Waals surface area contributed by atoms with Crippen LogP contribution in [-0.2, 0) is 19.9 Å². The van der Waals surface area contributed by atoms with Gasteiger partial charge >= 0.3 is 0 Å². The Hall–Kier alpha value is -2.85. The van der Waals surface area contributed by atoms with Gasteiger partial charge in [-0.05, 0) is 49.5 Å². The largest absolute Gasteiger partial charge is 0.351 e. The first kappa shape index (κ1) is 28.9. The Bertz CT molecular complexity index is 1750. The van der Waals surface area contributed by atoms with Crippen molar-refractivity contribution in [1.82, 2.24) is 20.2 Å². The molecule has 4 heterocycles. The first-order valence-electron chi connectivity index (χ1n) is 14.2. The molecule has 1 saturated carbocycles. The number of hydrogen-bond acceptors (Lipinski definition) is 9. The normalized spacial score (nSPS) is 31.3. The van der Waals surface area contributed by atoms with Gasteiger partial charge in [0.05, 0.1) is 23.1 Å². The second kappa shape index (κ2) is 9.83. The first-order chi connectivity index (χ1) is 20.3. The number of benzene rings is 1. The lowest BCUT2D eigenvalue weighted by molar-refractivity contribution is -0.0526. The number of nitrogens with two attached hydrogens (primary N) is 1. The number of nitrogens with zero attached hydrogens (tertiary/aromatic N) is 3. The number of piperazine rings is 1. The van der Waals surface area contributed by atoms with Crippen LogP contribution in [0.1, 0.15) is 42.9 Å². The van der Waals surface area contributed by atoms with E-state index in [2.05, 4.69) is 20.6 Å². The fourth-order valence-corrected chi connectivity index (χ4v) is 10.7. The van der Waals surface area contributed by atoms with Crippen molar-refractivity contribution in [3.63, 3.8) is 0 Å². The van der Waals surface area contributed by atoms with E-state index in [0.717, 1.165) is 25.0 Å². The highest BCUT2D eigenvalue weighted by Crippen LogP contribution is 2.51. The van der Waals surface area contributed by atoms with Crippen LogP contribution in [0.5, 0.6) is 0 Å². The molecule has 2 bridgehead atoms. The summed E-state index contributed by atoms with van der Waals surface area (Å²) in [6.45, 7) is 1.09. The van der Waals surface area contributed by atoms with E-state index in [4.69, 9.17) is 5.14 Å². The van der Waals surface area contributed by atoms with Crippen molar-refractivity contribution >= 4 is 31.4 Å². The Labute approximate surface area is 247 Å². The number of sulfonamides is 1. The van der Waals surface area contributed by atoms with Crippen LogP contribution in [-0.4, -0.2) is 80.2 Å². The number of nitrogens with one attached hydrogen (secondary N) is 2. The summed E-state index contributed by atoms with van der Waals surface area (Å²) in [4.78, 5) is 9.29. The predicted molar refractivity (Wildman–Crippen MR) is 153 cm³/mol. The molecular weight excluding hydrogens is 605 g/mol. The first-order valence-corrected chi connectivity index (χ1v) is 17.5. The van der Waals surface area contributed by atoms with E-state index in [1.807, 2.05) is 0 Å². The maximum Gasteiger partial charge on any atom is 0.243 e. The van der Waals surface area contributed by atoms with Crippen LogP contribution in [0.3, 0.4) is 0 Å². The maximum atomic E-state index is 17.5. The minimum atomic E-state index is -4.79. The third-order valence-electron chi connectivity index (χ3n) is 9.45. The summed E-state index contributed by atoms with van der Waals surface area (Å²) in [5, 5.41) is 11.7. The van der Waals surface area contributed by atoms with Gasteiger partial charge in [0, 0.05) is 48.4 Å². The summed E-state index contributed by atoms with van der Waals surface area (Å²) in [5.41, 5.74) is 0.356. The standard InChI is InChI=1S/C28H31F3N6O4S2/c29-22-4-3-20(24(30)25(22)43(32,40)41)21-9-16(5-7-28(21,31)37-18-1-2-19(37)13-33-12-18)23-6-8-34-26(36-23)35-17-10-27(11-17)14-42(38,39)15-27/h3-9,17-19,21,33H,1-2,10-15H2,(H2,32,40,41)(H,34,35,36). The number of halogens is 3. The Balaban J connectivity index is 1.24. The average molecular weight is 637 g/mol. The molecule has 1 aromatic carbocycles. The van der Waals surface area contributed by atoms with Crippen molar-refractivity contribution in [1.29, 1.82) is 0 Å². The Morgan fingerprint density at radius 2 is 1.79 bits per heavy atom. The number of fused-ring (bicyclic) bond motifs is 2. The summed E-state index contributed by atoms with van der Waals surface area (Å²) >= 11 is 0. The van der Waals surface area contributed by atoms with Gasteiger partial charge < -0.3 is 10.6 Å².